The summed E-state index contributed by atoms with van der Waals surface area (Å²) < 4.78 is 19.2. The van der Waals surface area contributed by atoms with Crippen LogP contribution < -0.4 is 4.90 Å². The number of halogens is 1. The predicted molar refractivity (Wildman–Crippen MR) is 126 cm³/mol. The van der Waals surface area contributed by atoms with Crippen LogP contribution in [-0.4, -0.2) is 24.7 Å². The van der Waals surface area contributed by atoms with Crippen molar-refractivity contribution in [1.29, 1.82) is 5.26 Å². The summed E-state index contributed by atoms with van der Waals surface area (Å²) in [6.07, 6.45) is 2.88. The van der Waals surface area contributed by atoms with E-state index in [1.807, 2.05) is 34.6 Å². The van der Waals surface area contributed by atoms with Gasteiger partial charge in [-0.2, -0.15) is 5.26 Å². The highest BCUT2D eigenvalue weighted by molar-refractivity contribution is 5.93. The Labute approximate surface area is 191 Å². The number of hydrogen-bond donors (Lipinski definition) is 0. The highest BCUT2D eigenvalue weighted by Crippen LogP contribution is 2.32. The molecule has 0 aliphatic carbocycles. The number of anilines is 1. The molecule has 0 aromatic heterocycles. The lowest BCUT2D eigenvalue weighted by atomic mass is 9.84. The number of nitrogens with zero attached hydrogens (tertiary/aromatic N) is 2. The van der Waals surface area contributed by atoms with Crippen LogP contribution in [0.3, 0.4) is 0 Å². The van der Waals surface area contributed by atoms with Gasteiger partial charge < -0.3 is 9.64 Å². The molecule has 0 bridgehead atoms. The maximum atomic E-state index is 13.5. The first kappa shape index (κ1) is 23.8. The molecule has 2 aromatic carbocycles. The molecule has 0 radical (unpaired) electrons. The Hall–Kier alpha value is -2.87. The second kappa shape index (κ2) is 9.32. The summed E-state index contributed by atoms with van der Waals surface area (Å²) in [6, 6.07) is 8.63. The third-order valence-electron chi connectivity index (χ3n) is 6.26. The fraction of sp³-hybridized carbons (Fsp3) is 0.481. The number of rotatable bonds is 4. The third-order valence-corrected chi connectivity index (χ3v) is 6.26. The van der Waals surface area contributed by atoms with Gasteiger partial charge >= 0.3 is 5.97 Å². The van der Waals surface area contributed by atoms with Crippen molar-refractivity contribution >= 4 is 11.7 Å². The SMILES string of the molecule is Cc1cc(C)c(C(=O)OC(C)(C)C)c(C)c1CC1CCN(c2ccc(F)cc2C#N)CC1. The predicted octanol–water partition coefficient (Wildman–Crippen LogP) is 6.04. The van der Waals surface area contributed by atoms with E-state index in [0.717, 1.165) is 49.2 Å². The van der Waals surface area contributed by atoms with Crippen LogP contribution in [0.25, 0.3) is 0 Å². The Balaban J connectivity index is 1.76. The average molecular weight is 437 g/mol. The summed E-state index contributed by atoms with van der Waals surface area (Å²) in [5, 5.41) is 9.36. The van der Waals surface area contributed by atoms with Gasteiger partial charge in [0.25, 0.3) is 0 Å². The Morgan fingerprint density at radius 3 is 2.41 bits per heavy atom. The van der Waals surface area contributed by atoms with Crippen LogP contribution in [0.2, 0.25) is 0 Å². The number of carbonyl (C=O) groups excluding carboxylic acids is 1. The molecule has 1 heterocycles. The first-order valence-electron chi connectivity index (χ1n) is 11.3. The third kappa shape index (κ3) is 5.30. The Morgan fingerprint density at radius 1 is 1.16 bits per heavy atom. The number of carbonyl (C=O) groups is 1. The topological polar surface area (TPSA) is 53.3 Å². The van der Waals surface area contributed by atoms with E-state index in [1.165, 1.54) is 23.3 Å². The lowest BCUT2D eigenvalue weighted by Gasteiger charge is -2.34. The molecule has 0 unspecified atom stereocenters. The zero-order valence-corrected chi connectivity index (χ0v) is 20.0. The minimum atomic E-state index is -0.531. The molecule has 2 aromatic rings. The summed E-state index contributed by atoms with van der Waals surface area (Å²) in [4.78, 5) is 15.0. The van der Waals surface area contributed by atoms with Gasteiger partial charge in [0.2, 0.25) is 0 Å². The van der Waals surface area contributed by atoms with E-state index in [9.17, 15) is 14.4 Å². The fourth-order valence-corrected chi connectivity index (χ4v) is 4.72. The largest absolute Gasteiger partial charge is 0.456 e. The van der Waals surface area contributed by atoms with Crippen LogP contribution in [0.5, 0.6) is 0 Å². The van der Waals surface area contributed by atoms with Crippen LogP contribution in [0, 0.1) is 43.8 Å². The van der Waals surface area contributed by atoms with Crippen molar-refractivity contribution in [3.8, 4) is 6.07 Å². The van der Waals surface area contributed by atoms with Gasteiger partial charge in [-0.25, -0.2) is 9.18 Å². The summed E-state index contributed by atoms with van der Waals surface area (Å²) >= 11 is 0. The molecule has 1 saturated heterocycles. The molecule has 1 aliphatic rings. The Morgan fingerprint density at radius 2 is 1.81 bits per heavy atom. The van der Waals surface area contributed by atoms with E-state index < -0.39 is 5.60 Å². The number of aryl methyl sites for hydroxylation is 2. The van der Waals surface area contributed by atoms with Gasteiger partial charge in [0.1, 0.15) is 17.5 Å². The summed E-state index contributed by atoms with van der Waals surface area (Å²) in [5.41, 5.74) is 5.75. The number of nitriles is 1. The first-order chi connectivity index (χ1) is 15.0. The van der Waals surface area contributed by atoms with Gasteiger partial charge in [0, 0.05) is 13.1 Å². The Kier molecular flexibility index (Phi) is 6.93. The van der Waals surface area contributed by atoms with Crippen LogP contribution in [0.1, 0.15) is 71.8 Å². The molecule has 32 heavy (non-hydrogen) atoms. The zero-order chi connectivity index (χ0) is 23.6. The molecule has 170 valence electrons. The van der Waals surface area contributed by atoms with Crippen molar-refractivity contribution in [2.75, 3.05) is 18.0 Å². The standard InChI is InChI=1S/C27H33FN2O2/c1-17-13-18(2)25(26(31)32-27(4,5)6)19(3)23(17)14-20-9-11-30(12-10-20)24-8-7-22(28)15-21(24)16-29/h7-8,13,15,20H,9-12,14H2,1-6H3. The van der Waals surface area contributed by atoms with E-state index >= 15 is 0 Å². The molecule has 0 spiro atoms. The van der Waals surface area contributed by atoms with Gasteiger partial charge in [-0.05, 0) is 107 Å². The summed E-state index contributed by atoms with van der Waals surface area (Å²) in [7, 11) is 0. The minimum absolute atomic E-state index is 0.260. The van der Waals surface area contributed by atoms with Crippen LogP contribution >= 0.6 is 0 Å². The second-order valence-electron chi connectivity index (χ2n) is 9.90. The minimum Gasteiger partial charge on any atom is -0.456 e. The lowest BCUT2D eigenvalue weighted by molar-refractivity contribution is 0.00677. The molecule has 1 aliphatic heterocycles. The first-order valence-corrected chi connectivity index (χ1v) is 11.3. The summed E-state index contributed by atoms with van der Waals surface area (Å²) in [6.45, 7) is 13.4. The molecule has 1 fully saturated rings. The normalized spacial score (nSPS) is 14.9. The maximum absolute atomic E-state index is 13.5. The zero-order valence-electron chi connectivity index (χ0n) is 20.0. The lowest BCUT2D eigenvalue weighted by Crippen LogP contribution is -2.35. The van der Waals surface area contributed by atoms with Crippen molar-refractivity contribution in [3.05, 3.63) is 63.5 Å². The van der Waals surface area contributed by atoms with Crippen molar-refractivity contribution in [2.45, 2.75) is 66.4 Å². The highest BCUT2D eigenvalue weighted by Gasteiger charge is 2.26. The van der Waals surface area contributed by atoms with Gasteiger partial charge in [0.15, 0.2) is 0 Å². The van der Waals surface area contributed by atoms with Gasteiger partial charge in [0.05, 0.1) is 16.8 Å². The molecule has 0 saturated carbocycles. The van der Waals surface area contributed by atoms with E-state index in [-0.39, 0.29) is 11.8 Å². The number of esters is 1. The molecule has 5 heteroatoms. The number of piperidine rings is 1. The van der Waals surface area contributed by atoms with Crippen LogP contribution in [0.4, 0.5) is 10.1 Å². The number of hydrogen-bond acceptors (Lipinski definition) is 4. The molecular weight excluding hydrogens is 403 g/mol. The van der Waals surface area contributed by atoms with Crippen LogP contribution in [0.15, 0.2) is 24.3 Å². The van der Waals surface area contributed by atoms with Crippen molar-refractivity contribution in [3.63, 3.8) is 0 Å². The van der Waals surface area contributed by atoms with Crippen molar-refractivity contribution in [2.24, 2.45) is 5.92 Å². The molecule has 4 nitrogen and oxygen atoms in total. The van der Waals surface area contributed by atoms with E-state index in [1.54, 1.807) is 6.07 Å². The van der Waals surface area contributed by atoms with Gasteiger partial charge in [-0.15, -0.1) is 0 Å². The second-order valence-corrected chi connectivity index (χ2v) is 9.90. The molecule has 0 N–H and O–H groups in total. The highest BCUT2D eigenvalue weighted by atomic mass is 19.1. The molecule has 0 atom stereocenters. The van der Waals surface area contributed by atoms with Crippen molar-refractivity contribution in [1.82, 2.24) is 0 Å². The maximum Gasteiger partial charge on any atom is 0.339 e. The molecular formula is C27H33FN2O2. The Bertz CT molecular complexity index is 1050. The fourth-order valence-electron chi connectivity index (χ4n) is 4.72. The van der Waals surface area contributed by atoms with Crippen LogP contribution in [-0.2, 0) is 11.2 Å². The average Bonchev–Trinajstić information content (AvgIpc) is 2.70. The van der Waals surface area contributed by atoms with Gasteiger partial charge in [-0.3, -0.25) is 0 Å². The molecule has 3 rings (SSSR count). The number of benzene rings is 2. The monoisotopic (exact) mass is 436 g/mol. The summed E-state index contributed by atoms with van der Waals surface area (Å²) in [5.74, 6) is -0.154. The van der Waals surface area contributed by atoms with E-state index in [4.69, 9.17) is 4.74 Å². The quantitative estimate of drug-likeness (QED) is 0.549. The smallest absolute Gasteiger partial charge is 0.339 e. The molecule has 0 amide bonds. The van der Waals surface area contributed by atoms with Crippen molar-refractivity contribution < 1.29 is 13.9 Å². The van der Waals surface area contributed by atoms with E-state index in [2.05, 4.69) is 24.0 Å². The van der Waals surface area contributed by atoms with E-state index in [0.29, 0.717) is 17.0 Å². The number of ether oxygens (including phenoxy) is 1. The van der Waals surface area contributed by atoms with Gasteiger partial charge in [-0.1, -0.05) is 6.07 Å².